The van der Waals surface area contributed by atoms with Crippen molar-refractivity contribution in [3.05, 3.63) is 29.8 Å². The standard InChI is InChI=1S/C14H17NO5/c1-9(2)20-14(19)10-3-5-11(6-4-10)15-12(16)7-8-13(17)18/h3-6,9H,7-8H2,1-2H3,(H,15,16)(H,17,18). The van der Waals surface area contributed by atoms with Crippen LogP contribution in [0.4, 0.5) is 5.69 Å². The number of aliphatic carboxylic acids is 1. The van der Waals surface area contributed by atoms with Crippen molar-refractivity contribution in [1.29, 1.82) is 0 Å². The lowest BCUT2D eigenvalue weighted by Gasteiger charge is -2.08. The Hall–Kier alpha value is -2.37. The summed E-state index contributed by atoms with van der Waals surface area (Å²) < 4.78 is 5.03. The van der Waals surface area contributed by atoms with E-state index in [1.807, 2.05) is 0 Å². The second-order valence-electron chi connectivity index (χ2n) is 4.47. The molecule has 1 rings (SSSR count). The molecule has 0 heterocycles. The number of carboxylic acids is 1. The molecule has 0 spiro atoms. The van der Waals surface area contributed by atoms with Crippen molar-refractivity contribution in [1.82, 2.24) is 0 Å². The van der Waals surface area contributed by atoms with Crippen LogP contribution in [-0.2, 0) is 14.3 Å². The van der Waals surface area contributed by atoms with Gasteiger partial charge in [0.05, 0.1) is 18.1 Å². The molecule has 20 heavy (non-hydrogen) atoms. The fraction of sp³-hybridized carbons (Fsp3) is 0.357. The number of ether oxygens (including phenoxy) is 1. The van der Waals surface area contributed by atoms with E-state index >= 15 is 0 Å². The molecule has 0 bridgehead atoms. The van der Waals surface area contributed by atoms with Crippen molar-refractivity contribution in [3.63, 3.8) is 0 Å². The van der Waals surface area contributed by atoms with Crippen molar-refractivity contribution in [2.45, 2.75) is 32.8 Å². The molecule has 0 saturated carbocycles. The Balaban J connectivity index is 2.56. The van der Waals surface area contributed by atoms with Gasteiger partial charge in [0.25, 0.3) is 0 Å². The van der Waals surface area contributed by atoms with E-state index in [-0.39, 0.29) is 24.9 Å². The number of rotatable bonds is 6. The molecule has 0 aromatic heterocycles. The van der Waals surface area contributed by atoms with E-state index in [2.05, 4.69) is 5.32 Å². The second-order valence-corrected chi connectivity index (χ2v) is 4.47. The van der Waals surface area contributed by atoms with Gasteiger partial charge in [0.2, 0.25) is 5.91 Å². The van der Waals surface area contributed by atoms with Gasteiger partial charge in [0, 0.05) is 12.1 Å². The number of benzene rings is 1. The largest absolute Gasteiger partial charge is 0.481 e. The average Bonchev–Trinajstić information content (AvgIpc) is 2.36. The molecule has 0 aliphatic carbocycles. The van der Waals surface area contributed by atoms with Gasteiger partial charge in [-0.2, -0.15) is 0 Å². The van der Waals surface area contributed by atoms with E-state index < -0.39 is 11.9 Å². The first kappa shape index (κ1) is 15.7. The van der Waals surface area contributed by atoms with Crippen LogP contribution in [0.3, 0.4) is 0 Å². The van der Waals surface area contributed by atoms with Crippen molar-refractivity contribution in [2.75, 3.05) is 5.32 Å². The molecule has 0 unspecified atom stereocenters. The number of anilines is 1. The minimum absolute atomic E-state index is 0.0908. The first-order chi connectivity index (χ1) is 9.38. The van der Waals surface area contributed by atoms with Gasteiger partial charge in [0.15, 0.2) is 0 Å². The predicted octanol–water partition coefficient (Wildman–Crippen LogP) is 2.06. The number of nitrogens with one attached hydrogen (secondary N) is 1. The van der Waals surface area contributed by atoms with Crippen LogP contribution in [0.5, 0.6) is 0 Å². The smallest absolute Gasteiger partial charge is 0.338 e. The summed E-state index contributed by atoms with van der Waals surface area (Å²) in [6, 6.07) is 6.21. The maximum absolute atomic E-state index is 11.6. The van der Waals surface area contributed by atoms with E-state index in [0.717, 1.165) is 0 Å². The van der Waals surface area contributed by atoms with Crippen molar-refractivity contribution in [2.24, 2.45) is 0 Å². The Morgan fingerprint density at radius 3 is 2.25 bits per heavy atom. The van der Waals surface area contributed by atoms with Crippen LogP contribution < -0.4 is 5.32 Å². The number of carbonyl (C=O) groups excluding carboxylic acids is 2. The van der Waals surface area contributed by atoms with Gasteiger partial charge < -0.3 is 15.2 Å². The van der Waals surface area contributed by atoms with Crippen LogP contribution in [0.25, 0.3) is 0 Å². The van der Waals surface area contributed by atoms with Crippen LogP contribution in [0.15, 0.2) is 24.3 Å². The summed E-state index contributed by atoms with van der Waals surface area (Å²) in [6.45, 7) is 3.52. The van der Waals surface area contributed by atoms with Gasteiger partial charge in [-0.25, -0.2) is 4.79 Å². The number of amides is 1. The van der Waals surface area contributed by atoms with Gasteiger partial charge in [-0.05, 0) is 38.1 Å². The summed E-state index contributed by atoms with van der Waals surface area (Å²) in [7, 11) is 0. The fourth-order valence-corrected chi connectivity index (χ4v) is 1.42. The lowest BCUT2D eigenvalue weighted by molar-refractivity contribution is -0.138. The van der Waals surface area contributed by atoms with Crippen molar-refractivity contribution in [3.8, 4) is 0 Å². The fourth-order valence-electron chi connectivity index (χ4n) is 1.42. The highest BCUT2D eigenvalue weighted by Crippen LogP contribution is 2.12. The Morgan fingerprint density at radius 2 is 1.75 bits per heavy atom. The number of hydrogen-bond acceptors (Lipinski definition) is 4. The molecule has 108 valence electrons. The van der Waals surface area contributed by atoms with E-state index in [1.165, 1.54) is 12.1 Å². The summed E-state index contributed by atoms with van der Waals surface area (Å²) in [5, 5.41) is 11.0. The van der Waals surface area contributed by atoms with Crippen LogP contribution in [0, 0.1) is 0 Å². The third kappa shape index (κ3) is 5.51. The van der Waals surface area contributed by atoms with Crippen LogP contribution in [-0.4, -0.2) is 29.1 Å². The lowest BCUT2D eigenvalue weighted by Crippen LogP contribution is -2.14. The zero-order valence-electron chi connectivity index (χ0n) is 11.4. The lowest BCUT2D eigenvalue weighted by atomic mass is 10.2. The Kier molecular flexibility index (Phi) is 5.71. The monoisotopic (exact) mass is 279 g/mol. The molecular weight excluding hydrogens is 262 g/mol. The Bertz CT molecular complexity index is 493. The molecular formula is C14H17NO5. The molecule has 1 aromatic carbocycles. The van der Waals surface area contributed by atoms with Crippen molar-refractivity contribution < 1.29 is 24.2 Å². The topological polar surface area (TPSA) is 92.7 Å². The molecule has 0 fully saturated rings. The number of hydrogen-bond donors (Lipinski definition) is 2. The molecule has 0 radical (unpaired) electrons. The maximum Gasteiger partial charge on any atom is 0.338 e. The summed E-state index contributed by atoms with van der Waals surface area (Å²) in [5.74, 6) is -1.83. The third-order valence-electron chi connectivity index (χ3n) is 2.31. The van der Waals surface area contributed by atoms with Gasteiger partial charge in [-0.15, -0.1) is 0 Å². The maximum atomic E-state index is 11.6. The van der Waals surface area contributed by atoms with Crippen LogP contribution in [0.1, 0.15) is 37.0 Å². The van der Waals surface area contributed by atoms with E-state index in [9.17, 15) is 14.4 Å². The first-order valence-electron chi connectivity index (χ1n) is 6.21. The average molecular weight is 279 g/mol. The third-order valence-corrected chi connectivity index (χ3v) is 2.31. The zero-order chi connectivity index (χ0) is 15.1. The molecule has 2 N–H and O–H groups in total. The summed E-state index contributed by atoms with van der Waals surface area (Å²) >= 11 is 0. The molecule has 6 nitrogen and oxygen atoms in total. The number of esters is 1. The first-order valence-corrected chi connectivity index (χ1v) is 6.21. The molecule has 0 atom stereocenters. The highest BCUT2D eigenvalue weighted by molar-refractivity contribution is 5.94. The number of carboxylic acid groups (broad SMARTS) is 1. The highest BCUT2D eigenvalue weighted by Gasteiger charge is 2.10. The predicted molar refractivity (Wildman–Crippen MR) is 72.5 cm³/mol. The second kappa shape index (κ2) is 7.28. The molecule has 0 aliphatic rings. The molecule has 6 heteroatoms. The van der Waals surface area contributed by atoms with Gasteiger partial charge in [0.1, 0.15) is 0 Å². The van der Waals surface area contributed by atoms with E-state index in [4.69, 9.17) is 9.84 Å². The normalized spacial score (nSPS) is 10.2. The summed E-state index contributed by atoms with van der Waals surface area (Å²) in [5.41, 5.74) is 0.892. The molecule has 1 aromatic rings. The van der Waals surface area contributed by atoms with Gasteiger partial charge >= 0.3 is 11.9 Å². The molecule has 0 saturated heterocycles. The van der Waals surface area contributed by atoms with Crippen molar-refractivity contribution >= 4 is 23.5 Å². The van der Waals surface area contributed by atoms with Gasteiger partial charge in [-0.3, -0.25) is 9.59 Å². The highest BCUT2D eigenvalue weighted by atomic mass is 16.5. The molecule has 0 aliphatic heterocycles. The Morgan fingerprint density at radius 1 is 1.15 bits per heavy atom. The van der Waals surface area contributed by atoms with E-state index in [0.29, 0.717) is 11.3 Å². The minimum Gasteiger partial charge on any atom is -0.481 e. The SMILES string of the molecule is CC(C)OC(=O)c1ccc(NC(=O)CCC(=O)O)cc1. The van der Waals surface area contributed by atoms with E-state index in [1.54, 1.807) is 26.0 Å². The summed E-state index contributed by atoms with van der Waals surface area (Å²) in [6.07, 6.45) is -0.505. The zero-order valence-corrected chi connectivity index (χ0v) is 11.4. The minimum atomic E-state index is -1.02. The number of carbonyl (C=O) groups is 3. The quantitative estimate of drug-likeness (QED) is 0.777. The van der Waals surface area contributed by atoms with Crippen LogP contribution >= 0.6 is 0 Å². The van der Waals surface area contributed by atoms with Gasteiger partial charge in [-0.1, -0.05) is 0 Å². The Labute approximate surface area is 116 Å². The molecule has 1 amide bonds. The summed E-state index contributed by atoms with van der Waals surface area (Å²) in [4.78, 5) is 33.3. The van der Waals surface area contributed by atoms with Crippen LogP contribution in [0.2, 0.25) is 0 Å².